The summed E-state index contributed by atoms with van der Waals surface area (Å²) in [6.07, 6.45) is 5.21. The van der Waals surface area contributed by atoms with E-state index in [4.69, 9.17) is 16.3 Å². The van der Waals surface area contributed by atoms with Crippen LogP contribution in [0.3, 0.4) is 0 Å². The van der Waals surface area contributed by atoms with Crippen LogP contribution in [0.5, 0.6) is 0 Å². The first-order chi connectivity index (χ1) is 23.1. The van der Waals surface area contributed by atoms with E-state index >= 15 is 4.39 Å². The second-order valence-electron chi connectivity index (χ2n) is 13.8. The second-order valence-corrected chi connectivity index (χ2v) is 15.3. The lowest BCUT2D eigenvalue weighted by molar-refractivity contribution is -0.253. The maximum absolute atomic E-state index is 15.9. The molecule has 1 amide bonds. The fourth-order valence-corrected chi connectivity index (χ4v) is 9.93. The molecule has 0 spiro atoms. The summed E-state index contributed by atoms with van der Waals surface area (Å²) in [6, 6.07) is 10.2. The van der Waals surface area contributed by atoms with E-state index < -0.39 is 29.5 Å². The number of benzene rings is 2. The molecule has 1 unspecified atom stereocenters. The molecule has 1 aromatic heterocycles. The van der Waals surface area contributed by atoms with Crippen LogP contribution in [0.15, 0.2) is 42.6 Å². The number of carbonyl (C=O) groups is 3. The van der Waals surface area contributed by atoms with Crippen molar-refractivity contribution >= 4 is 57.6 Å². The van der Waals surface area contributed by atoms with Crippen molar-refractivity contribution in [1.82, 2.24) is 14.4 Å². The van der Waals surface area contributed by atoms with E-state index in [9.17, 15) is 19.5 Å². The molecular formula is C36H42ClFN4O5S. The molecule has 4 aliphatic rings. The number of carbonyl (C=O) groups excluding carboxylic acids is 2. The standard InChI is InChI=1S/C36H42ClFN4O5S/c1-40-19-28(27-6-2-3-7-32(27)40)34(44)39-31-16-30(38)23(14-29(31)37)15-33(43)36(41-12-4-5-13-41,42-17-24-20-48-21-25(24)18-42)47-26-10-8-22(9-11-26)35(45)46/h2-3,6-7,14,16,19,22,24-26H,4-5,8-13,15,17-18,20-21H2,1H3,(H,39,44)(H,45,46)/t22-,24-,25+,26-,36?. The Kier molecular flexibility index (Phi) is 9.60. The number of hydrogen-bond donors (Lipinski definition) is 2. The summed E-state index contributed by atoms with van der Waals surface area (Å²) < 4.78 is 24.8. The first kappa shape index (κ1) is 33.5. The van der Waals surface area contributed by atoms with Crippen molar-refractivity contribution in [3.63, 3.8) is 0 Å². The minimum Gasteiger partial charge on any atom is -0.481 e. The number of anilines is 1. The summed E-state index contributed by atoms with van der Waals surface area (Å²) in [4.78, 5) is 44.1. The largest absolute Gasteiger partial charge is 0.481 e. The molecule has 48 heavy (non-hydrogen) atoms. The first-order valence-corrected chi connectivity index (χ1v) is 18.5. The molecule has 2 aromatic carbocycles. The van der Waals surface area contributed by atoms with E-state index in [2.05, 4.69) is 15.1 Å². The van der Waals surface area contributed by atoms with Crippen molar-refractivity contribution in [1.29, 1.82) is 0 Å². The van der Waals surface area contributed by atoms with Gasteiger partial charge in [-0.1, -0.05) is 29.8 Å². The highest BCUT2D eigenvalue weighted by Gasteiger charge is 2.56. The van der Waals surface area contributed by atoms with Crippen LogP contribution in [-0.2, 0) is 27.8 Å². The molecule has 7 rings (SSSR count). The van der Waals surface area contributed by atoms with Crippen LogP contribution in [0.25, 0.3) is 10.9 Å². The fraction of sp³-hybridized carbons (Fsp3) is 0.528. The molecule has 3 aliphatic heterocycles. The molecule has 1 aliphatic carbocycles. The van der Waals surface area contributed by atoms with Gasteiger partial charge in [-0.25, -0.2) is 4.39 Å². The van der Waals surface area contributed by atoms with E-state index in [-0.39, 0.29) is 34.6 Å². The Morgan fingerprint density at radius 3 is 2.42 bits per heavy atom. The summed E-state index contributed by atoms with van der Waals surface area (Å²) in [5.74, 6) is -0.811. The number of amides is 1. The molecule has 256 valence electrons. The lowest BCUT2D eigenvalue weighted by Crippen LogP contribution is -2.67. The molecule has 0 bridgehead atoms. The molecule has 0 radical (unpaired) electrons. The van der Waals surface area contributed by atoms with Crippen LogP contribution in [0, 0.1) is 23.6 Å². The number of thioether (sulfide) groups is 1. The molecule has 3 aromatic rings. The number of hydrogen-bond acceptors (Lipinski definition) is 7. The van der Waals surface area contributed by atoms with Gasteiger partial charge in [0.15, 0.2) is 5.78 Å². The van der Waals surface area contributed by atoms with Gasteiger partial charge in [0.2, 0.25) is 5.85 Å². The average Bonchev–Trinajstić information content (AvgIpc) is 3.88. The molecular weight excluding hydrogens is 655 g/mol. The fourth-order valence-electron chi connectivity index (χ4n) is 8.20. The Balaban J connectivity index is 1.16. The van der Waals surface area contributed by atoms with Gasteiger partial charge in [-0.15, -0.1) is 0 Å². The lowest BCUT2D eigenvalue weighted by Gasteiger charge is -2.49. The van der Waals surface area contributed by atoms with Crippen molar-refractivity contribution in [2.45, 2.75) is 56.9 Å². The number of Topliss-reactive ketones (excluding diaryl/α,β-unsaturated/α-hetero) is 1. The Morgan fingerprint density at radius 2 is 1.73 bits per heavy atom. The number of halogens is 2. The number of rotatable bonds is 10. The minimum absolute atomic E-state index is 0.130. The molecule has 1 saturated carbocycles. The van der Waals surface area contributed by atoms with Gasteiger partial charge < -0.3 is 19.7 Å². The van der Waals surface area contributed by atoms with Crippen molar-refractivity contribution in [2.24, 2.45) is 24.8 Å². The van der Waals surface area contributed by atoms with Gasteiger partial charge in [0, 0.05) is 56.7 Å². The highest BCUT2D eigenvalue weighted by molar-refractivity contribution is 7.99. The van der Waals surface area contributed by atoms with Crippen molar-refractivity contribution < 1.29 is 28.6 Å². The highest BCUT2D eigenvalue weighted by atomic mass is 35.5. The topological polar surface area (TPSA) is 104 Å². The van der Waals surface area contributed by atoms with E-state index in [0.29, 0.717) is 56.2 Å². The van der Waals surface area contributed by atoms with Crippen LogP contribution in [-0.4, -0.2) is 86.8 Å². The number of ether oxygens (including phenoxy) is 1. The van der Waals surface area contributed by atoms with Crippen LogP contribution >= 0.6 is 23.4 Å². The zero-order valence-electron chi connectivity index (χ0n) is 27.1. The number of likely N-dealkylation sites (tertiary alicyclic amines) is 2. The summed E-state index contributed by atoms with van der Waals surface area (Å²) >= 11 is 8.62. The average molecular weight is 697 g/mol. The number of carboxylic acid groups (broad SMARTS) is 1. The smallest absolute Gasteiger partial charge is 0.306 e. The number of aliphatic carboxylic acids is 1. The summed E-state index contributed by atoms with van der Waals surface area (Å²) in [7, 11) is 1.86. The second kappa shape index (κ2) is 13.7. The molecule has 3 atom stereocenters. The SMILES string of the molecule is Cn1cc(C(=O)Nc2cc(F)c(CC(=O)C(O[C@H]3CC[C@H](C(=O)O)CC3)(N3CCCC3)N3C[C@H]4CSC[C@H]4C3)cc2Cl)c2ccccc21. The third kappa shape index (κ3) is 6.28. The normalized spacial score (nSPS) is 26.1. The molecule has 12 heteroatoms. The van der Waals surface area contributed by atoms with Gasteiger partial charge in [0.25, 0.3) is 5.91 Å². The summed E-state index contributed by atoms with van der Waals surface area (Å²) in [6.45, 7) is 2.85. The van der Waals surface area contributed by atoms with E-state index in [1.807, 2.05) is 47.6 Å². The summed E-state index contributed by atoms with van der Waals surface area (Å²) in [5.41, 5.74) is 1.62. The van der Waals surface area contributed by atoms with Crippen molar-refractivity contribution in [3.05, 3.63) is 64.6 Å². The Labute approximate surface area is 289 Å². The third-order valence-electron chi connectivity index (χ3n) is 10.8. The third-order valence-corrected chi connectivity index (χ3v) is 12.4. The number of para-hydroxylation sites is 1. The number of ketones is 1. The number of fused-ring (bicyclic) bond motifs is 2. The zero-order valence-corrected chi connectivity index (χ0v) is 28.7. The number of nitrogens with one attached hydrogen (secondary N) is 1. The van der Waals surface area contributed by atoms with E-state index in [0.717, 1.165) is 48.3 Å². The van der Waals surface area contributed by atoms with Gasteiger partial charge in [-0.05, 0) is 85.6 Å². The number of aromatic nitrogens is 1. The highest BCUT2D eigenvalue weighted by Crippen LogP contribution is 2.43. The predicted octanol–water partition coefficient (Wildman–Crippen LogP) is 6.04. The van der Waals surface area contributed by atoms with Crippen LogP contribution in [0.4, 0.5) is 10.1 Å². The number of nitrogens with zero attached hydrogens (tertiary/aromatic N) is 3. The quantitative estimate of drug-likeness (QED) is 0.265. The van der Waals surface area contributed by atoms with Crippen molar-refractivity contribution in [3.8, 4) is 0 Å². The van der Waals surface area contributed by atoms with Gasteiger partial charge in [-0.3, -0.25) is 24.2 Å². The molecule has 9 nitrogen and oxygen atoms in total. The molecule has 4 fully saturated rings. The maximum atomic E-state index is 15.9. The van der Waals surface area contributed by atoms with Gasteiger partial charge in [-0.2, -0.15) is 11.8 Å². The summed E-state index contributed by atoms with van der Waals surface area (Å²) in [5, 5.41) is 13.3. The monoisotopic (exact) mass is 696 g/mol. The number of carboxylic acids is 1. The zero-order chi connectivity index (χ0) is 33.6. The first-order valence-electron chi connectivity index (χ1n) is 17.0. The van der Waals surface area contributed by atoms with E-state index in [1.54, 1.807) is 6.20 Å². The maximum Gasteiger partial charge on any atom is 0.306 e. The van der Waals surface area contributed by atoms with Crippen LogP contribution in [0.1, 0.15) is 54.4 Å². The lowest BCUT2D eigenvalue weighted by atomic mass is 9.87. The Bertz CT molecular complexity index is 1710. The minimum atomic E-state index is -1.37. The van der Waals surface area contributed by atoms with Crippen LogP contribution < -0.4 is 5.32 Å². The molecule has 3 saturated heterocycles. The Morgan fingerprint density at radius 1 is 1.04 bits per heavy atom. The van der Waals surface area contributed by atoms with Crippen molar-refractivity contribution in [2.75, 3.05) is 43.0 Å². The number of aryl methyl sites for hydroxylation is 1. The molecule has 2 N–H and O–H groups in total. The molecule has 4 heterocycles. The van der Waals surface area contributed by atoms with Gasteiger partial charge in [0.05, 0.1) is 28.3 Å². The van der Waals surface area contributed by atoms with E-state index in [1.165, 1.54) is 12.1 Å². The predicted molar refractivity (Wildman–Crippen MR) is 185 cm³/mol. The Hall–Kier alpha value is -2.96. The van der Waals surface area contributed by atoms with Crippen LogP contribution in [0.2, 0.25) is 5.02 Å². The van der Waals surface area contributed by atoms with Gasteiger partial charge >= 0.3 is 5.97 Å². The van der Waals surface area contributed by atoms with Gasteiger partial charge in [0.1, 0.15) is 5.82 Å².